The van der Waals surface area contributed by atoms with E-state index in [1.807, 2.05) is 17.7 Å². The summed E-state index contributed by atoms with van der Waals surface area (Å²) in [6.07, 6.45) is 5.49. The van der Waals surface area contributed by atoms with Crippen LogP contribution in [0.2, 0.25) is 5.28 Å². The maximum atomic E-state index is 5.90. The Bertz CT molecular complexity index is 543. The molecule has 2 aromatic heterocycles. The third-order valence-corrected chi connectivity index (χ3v) is 2.57. The van der Waals surface area contributed by atoms with Crippen molar-refractivity contribution in [2.75, 3.05) is 6.61 Å². The molecule has 0 spiro atoms. The van der Waals surface area contributed by atoms with Crippen molar-refractivity contribution in [2.24, 2.45) is 0 Å². The minimum atomic E-state index is 0.113. The van der Waals surface area contributed by atoms with Crippen LogP contribution in [0.15, 0.2) is 12.4 Å². The van der Waals surface area contributed by atoms with Gasteiger partial charge in [-0.3, -0.25) is 0 Å². The van der Waals surface area contributed by atoms with Gasteiger partial charge in [-0.25, -0.2) is 4.98 Å². The first kappa shape index (κ1) is 13.7. The van der Waals surface area contributed by atoms with Crippen molar-refractivity contribution in [3.05, 3.63) is 17.7 Å². The summed E-state index contributed by atoms with van der Waals surface area (Å²) in [5, 5.41) is 0.113. The lowest BCUT2D eigenvalue weighted by Crippen LogP contribution is -2.06. The number of hydrogen-bond acceptors (Lipinski definition) is 5. The van der Waals surface area contributed by atoms with Crippen LogP contribution >= 0.6 is 11.6 Å². The molecule has 0 N–H and O–H groups in total. The summed E-state index contributed by atoms with van der Waals surface area (Å²) in [5.41, 5.74) is 0. The van der Waals surface area contributed by atoms with Crippen LogP contribution in [-0.4, -0.2) is 31.1 Å². The summed E-state index contributed by atoms with van der Waals surface area (Å²) < 4.78 is 7.37. The summed E-state index contributed by atoms with van der Waals surface area (Å²) in [7, 11) is 0. The number of nitrogens with zero attached hydrogens (tertiary/aromatic N) is 5. The summed E-state index contributed by atoms with van der Waals surface area (Å²) in [6, 6.07) is 0.239. The topological polar surface area (TPSA) is 65.7 Å². The third kappa shape index (κ3) is 3.41. The Hall–Kier alpha value is -1.69. The van der Waals surface area contributed by atoms with Crippen LogP contribution in [-0.2, 0) is 6.54 Å². The van der Waals surface area contributed by atoms with E-state index >= 15 is 0 Å². The average Bonchev–Trinajstić information content (AvgIpc) is 2.84. The second-order valence-electron chi connectivity index (χ2n) is 4.00. The van der Waals surface area contributed by atoms with Crippen LogP contribution in [0.4, 0.5) is 0 Å². The Balaban J connectivity index is 2.32. The summed E-state index contributed by atoms with van der Waals surface area (Å²) in [5.74, 6) is 1.11. The zero-order valence-electron chi connectivity index (χ0n) is 11.0. The van der Waals surface area contributed by atoms with Gasteiger partial charge in [0.2, 0.25) is 11.1 Å². The molecule has 2 rings (SSSR count). The van der Waals surface area contributed by atoms with E-state index in [2.05, 4.69) is 26.9 Å². The van der Waals surface area contributed by atoms with Crippen molar-refractivity contribution in [2.45, 2.75) is 33.2 Å². The smallest absolute Gasteiger partial charge is 0.321 e. The molecule has 0 fully saturated rings. The number of rotatable bonds is 6. The van der Waals surface area contributed by atoms with Crippen LogP contribution in [0, 0.1) is 0 Å². The van der Waals surface area contributed by atoms with Gasteiger partial charge in [0.05, 0.1) is 6.61 Å². The lowest BCUT2D eigenvalue weighted by Gasteiger charge is -2.07. The summed E-state index contributed by atoms with van der Waals surface area (Å²) in [4.78, 5) is 16.6. The molecule has 0 saturated carbocycles. The van der Waals surface area contributed by atoms with E-state index in [1.165, 1.54) is 0 Å². The number of aryl methyl sites for hydroxylation is 1. The Morgan fingerprint density at radius 1 is 1.21 bits per heavy atom. The fraction of sp³-hybridized carbons (Fsp3) is 0.500. The van der Waals surface area contributed by atoms with E-state index in [-0.39, 0.29) is 11.3 Å². The van der Waals surface area contributed by atoms with E-state index in [0.717, 1.165) is 19.4 Å². The first-order valence-corrected chi connectivity index (χ1v) is 6.68. The van der Waals surface area contributed by atoms with Gasteiger partial charge in [-0.1, -0.05) is 13.8 Å². The van der Waals surface area contributed by atoms with Crippen molar-refractivity contribution >= 4 is 11.6 Å². The highest BCUT2D eigenvalue weighted by atomic mass is 35.5. The molecule has 0 atom stereocenters. The van der Waals surface area contributed by atoms with Gasteiger partial charge < -0.3 is 9.30 Å². The zero-order chi connectivity index (χ0) is 13.7. The highest BCUT2D eigenvalue weighted by molar-refractivity contribution is 6.28. The van der Waals surface area contributed by atoms with Gasteiger partial charge in [-0.2, -0.15) is 15.0 Å². The van der Waals surface area contributed by atoms with Crippen molar-refractivity contribution < 1.29 is 4.74 Å². The average molecular weight is 282 g/mol. The van der Waals surface area contributed by atoms with E-state index in [9.17, 15) is 0 Å². The van der Waals surface area contributed by atoms with E-state index < -0.39 is 0 Å². The van der Waals surface area contributed by atoms with Gasteiger partial charge in [0.25, 0.3) is 0 Å². The lowest BCUT2D eigenvalue weighted by molar-refractivity contribution is 0.291. The van der Waals surface area contributed by atoms with Crippen LogP contribution < -0.4 is 4.74 Å². The molecule has 0 aliphatic heterocycles. The fourth-order valence-electron chi connectivity index (χ4n) is 1.63. The normalized spacial score (nSPS) is 10.7. The molecule has 2 heterocycles. The predicted octanol–water partition coefficient (Wildman–Crippen LogP) is 2.59. The molecule has 0 unspecified atom stereocenters. The van der Waals surface area contributed by atoms with Gasteiger partial charge in [-0.15, -0.1) is 0 Å². The molecule has 0 aliphatic carbocycles. The molecule has 0 amide bonds. The molecule has 102 valence electrons. The van der Waals surface area contributed by atoms with Crippen LogP contribution in [0.3, 0.4) is 0 Å². The van der Waals surface area contributed by atoms with Gasteiger partial charge in [0.1, 0.15) is 0 Å². The number of imidazole rings is 1. The number of hydrogen-bond donors (Lipinski definition) is 0. The second kappa shape index (κ2) is 6.47. The van der Waals surface area contributed by atoms with Gasteiger partial charge in [0, 0.05) is 18.9 Å². The van der Waals surface area contributed by atoms with Crippen LogP contribution in [0.25, 0.3) is 11.6 Å². The molecule has 6 nitrogen and oxygen atoms in total. The van der Waals surface area contributed by atoms with Gasteiger partial charge >= 0.3 is 6.01 Å². The van der Waals surface area contributed by atoms with Crippen LogP contribution in [0.5, 0.6) is 6.01 Å². The highest BCUT2D eigenvalue weighted by Gasteiger charge is 2.12. The number of aromatic nitrogens is 5. The third-order valence-electron chi connectivity index (χ3n) is 2.40. The molecule has 0 radical (unpaired) electrons. The molecular formula is C12H16ClN5O. The zero-order valence-corrected chi connectivity index (χ0v) is 11.8. The molecule has 0 aliphatic rings. The Morgan fingerprint density at radius 3 is 2.79 bits per heavy atom. The maximum absolute atomic E-state index is 5.90. The van der Waals surface area contributed by atoms with Crippen molar-refractivity contribution in [1.29, 1.82) is 0 Å². The lowest BCUT2D eigenvalue weighted by atomic mass is 10.4. The maximum Gasteiger partial charge on any atom is 0.321 e. The Morgan fingerprint density at radius 2 is 2.05 bits per heavy atom. The van der Waals surface area contributed by atoms with E-state index in [4.69, 9.17) is 16.3 Å². The Labute approximate surface area is 116 Å². The van der Waals surface area contributed by atoms with E-state index in [1.54, 1.807) is 6.20 Å². The molecule has 0 bridgehead atoms. The van der Waals surface area contributed by atoms with Crippen molar-refractivity contribution in [3.63, 3.8) is 0 Å². The fourth-order valence-corrected chi connectivity index (χ4v) is 1.78. The molecule has 7 heteroatoms. The largest absolute Gasteiger partial charge is 0.463 e. The monoisotopic (exact) mass is 281 g/mol. The SMILES string of the molecule is CCCOc1nc(Cl)nc(-c2nccn2CCC)n1. The molecule has 0 saturated heterocycles. The summed E-state index contributed by atoms with van der Waals surface area (Å²) >= 11 is 5.90. The van der Waals surface area contributed by atoms with Crippen molar-refractivity contribution in [1.82, 2.24) is 24.5 Å². The quantitative estimate of drug-likeness (QED) is 0.814. The first-order valence-electron chi connectivity index (χ1n) is 6.30. The number of ether oxygens (including phenoxy) is 1. The molecule has 2 aromatic rings. The Kier molecular flexibility index (Phi) is 4.68. The van der Waals surface area contributed by atoms with Crippen LogP contribution in [0.1, 0.15) is 26.7 Å². The van der Waals surface area contributed by atoms with E-state index in [0.29, 0.717) is 18.3 Å². The summed E-state index contributed by atoms with van der Waals surface area (Å²) in [6.45, 7) is 5.50. The molecule has 0 aromatic carbocycles. The van der Waals surface area contributed by atoms with Gasteiger partial charge in [0.15, 0.2) is 5.82 Å². The molecule has 19 heavy (non-hydrogen) atoms. The minimum Gasteiger partial charge on any atom is -0.463 e. The minimum absolute atomic E-state index is 0.113. The first-order chi connectivity index (χ1) is 9.24. The molecular weight excluding hydrogens is 266 g/mol. The standard InChI is InChI=1S/C12H16ClN5O/c1-3-6-18-7-5-14-10(18)9-15-11(13)17-12(16-9)19-8-4-2/h5,7H,3-4,6,8H2,1-2H3. The number of halogens is 1. The predicted molar refractivity (Wildman–Crippen MR) is 72.1 cm³/mol. The highest BCUT2D eigenvalue weighted by Crippen LogP contribution is 2.17. The van der Waals surface area contributed by atoms with Gasteiger partial charge in [-0.05, 0) is 24.4 Å². The van der Waals surface area contributed by atoms with Crippen molar-refractivity contribution in [3.8, 4) is 17.7 Å². The second-order valence-corrected chi connectivity index (χ2v) is 4.34.